The first-order chi connectivity index (χ1) is 12.7. The van der Waals surface area contributed by atoms with Gasteiger partial charge in [-0.05, 0) is 49.3 Å². The van der Waals surface area contributed by atoms with Crippen LogP contribution in [0.5, 0.6) is 5.75 Å². The number of likely N-dealkylation sites (tertiary alicyclic amines) is 1. The molecule has 1 fully saturated rings. The van der Waals surface area contributed by atoms with Gasteiger partial charge in [0.2, 0.25) is 5.91 Å². The van der Waals surface area contributed by atoms with Crippen LogP contribution in [0, 0.1) is 0 Å². The smallest absolute Gasteiger partial charge is 0.260 e. The Morgan fingerprint density at radius 3 is 2.77 bits per heavy atom. The van der Waals surface area contributed by atoms with Gasteiger partial charge in [-0.2, -0.15) is 0 Å². The van der Waals surface area contributed by atoms with E-state index in [4.69, 9.17) is 4.74 Å². The Hall–Kier alpha value is -2.34. The lowest BCUT2D eigenvalue weighted by atomic mass is 10.2. The van der Waals surface area contributed by atoms with E-state index in [1.54, 1.807) is 23.5 Å². The van der Waals surface area contributed by atoms with Crippen molar-refractivity contribution in [2.24, 2.45) is 0 Å². The Balaban J connectivity index is 1.42. The molecular weight excluding hydrogens is 348 g/mol. The van der Waals surface area contributed by atoms with Crippen LogP contribution in [-0.4, -0.2) is 36.4 Å². The molecule has 2 amide bonds. The molecule has 2 aromatic rings. The minimum absolute atomic E-state index is 0.00755. The molecule has 0 aliphatic carbocycles. The molecule has 5 nitrogen and oxygen atoms in total. The summed E-state index contributed by atoms with van der Waals surface area (Å²) in [6, 6.07) is 11.3. The fourth-order valence-electron chi connectivity index (χ4n) is 2.97. The van der Waals surface area contributed by atoms with Gasteiger partial charge in [0.15, 0.2) is 6.61 Å². The highest BCUT2D eigenvalue weighted by Crippen LogP contribution is 2.19. The zero-order valence-electron chi connectivity index (χ0n) is 14.8. The summed E-state index contributed by atoms with van der Waals surface area (Å²) in [4.78, 5) is 27.2. The molecule has 6 heteroatoms. The molecule has 1 saturated heterocycles. The summed E-state index contributed by atoms with van der Waals surface area (Å²) < 4.78 is 5.59. The van der Waals surface area contributed by atoms with Gasteiger partial charge in [0.25, 0.3) is 5.91 Å². The maximum Gasteiger partial charge on any atom is 0.260 e. The fraction of sp³-hybridized carbons (Fsp3) is 0.400. The van der Waals surface area contributed by atoms with Crippen LogP contribution >= 0.6 is 11.3 Å². The standard InChI is InChI=1S/C20H24N2O3S/c23-19(10-4-8-18-9-5-13-26-18)21-16-6-3-7-17(14-16)25-15-20(24)22-11-1-2-12-22/h3,5-7,9,13-14H,1-2,4,8,10-12,15H2,(H,21,23). The summed E-state index contributed by atoms with van der Waals surface area (Å²) in [6.07, 6.45) is 4.37. The highest BCUT2D eigenvalue weighted by Gasteiger charge is 2.18. The van der Waals surface area contributed by atoms with E-state index in [9.17, 15) is 9.59 Å². The second-order valence-corrected chi connectivity index (χ2v) is 7.42. The van der Waals surface area contributed by atoms with Crippen molar-refractivity contribution in [3.05, 3.63) is 46.7 Å². The molecule has 1 aromatic heterocycles. The molecule has 0 atom stereocenters. The van der Waals surface area contributed by atoms with E-state index >= 15 is 0 Å². The monoisotopic (exact) mass is 372 g/mol. The normalized spacial score (nSPS) is 13.6. The van der Waals surface area contributed by atoms with E-state index in [2.05, 4.69) is 16.8 Å². The average Bonchev–Trinajstić information content (AvgIpc) is 3.34. The molecule has 1 N–H and O–H groups in total. The van der Waals surface area contributed by atoms with E-state index in [1.165, 1.54) is 4.88 Å². The molecule has 0 unspecified atom stereocenters. The number of benzene rings is 1. The van der Waals surface area contributed by atoms with Crippen molar-refractivity contribution in [2.75, 3.05) is 25.0 Å². The molecule has 0 spiro atoms. The van der Waals surface area contributed by atoms with Gasteiger partial charge in [-0.15, -0.1) is 11.3 Å². The number of amides is 2. The first kappa shape index (κ1) is 18.5. The van der Waals surface area contributed by atoms with E-state index < -0.39 is 0 Å². The van der Waals surface area contributed by atoms with Crippen molar-refractivity contribution >= 4 is 28.8 Å². The van der Waals surface area contributed by atoms with Crippen LogP contribution in [0.1, 0.15) is 30.6 Å². The molecule has 2 heterocycles. The number of carbonyl (C=O) groups excluding carboxylic acids is 2. The number of nitrogens with zero attached hydrogens (tertiary/aromatic N) is 1. The second kappa shape index (κ2) is 9.38. The Morgan fingerprint density at radius 2 is 2.00 bits per heavy atom. The summed E-state index contributed by atoms with van der Waals surface area (Å²) in [6.45, 7) is 1.69. The molecule has 138 valence electrons. The Morgan fingerprint density at radius 1 is 1.15 bits per heavy atom. The molecule has 1 aliphatic rings. The summed E-state index contributed by atoms with van der Waals surface area (Å²) in [5.41, 5.74) is 0.692. The van der Waals surface area contributed by atoms with Gasteiger partial charge in [-0.3, -0.25) is 9.59 Å². The number of rotatable bonds is 8. The number of carbonyl (C=O) groups is 2. The third-order valence-corrected chi connectivity index (χ3v) is 5.28. The average molecular weight is 372 g/mol. The SMILES string of the molecule is O=C(CCCc1cccs1)Nc1cccc(OCC(=O)N2CCCC2)c1. The number of anilines is 1. The Labute approximate surface area is 158 Å². The predicted molar refractivity (Wildman–Crippen MR) is 104 cm³/mol. The van der Waals surface area contributed by atoms with Crippen LogP contribution in [-0.2, 0) is 16.0 Å². The summed E-state index contributed by atoms with van der Waals surface area (Å²) in [7, 11) is 0. The van der Waals surface area contributed by atoms with Gasteiger partial charge in [0, 0.05) is 36.1 Å². The van der Waals surface area contributed by atoms with Crippen molar-refractivity contribution in [2.45, 2.75) is 32.1 Å². The maximum absolute atomic E-state index is 12.1. The molecular formula is C20H24N2O3S. The van der Waals surface area contributed by atoms with E-state index in [-0.39, 0.29) is 18.4 Å². The number of nitrogens with one attached hydrogen (secondary N) is 1. The predicted octanol–water partition coefficient (Wildman–Crippen LogP) is 3.71. The molecule has 0 radical (unpaired) electrons. The maximum atomic E-state index is 12.1. The number of hydrogen-bond donors (Lipinski definition) is 1. The van der Waals surface area contributed by atoms with Crippen molar-refractivity contribution in [1.29, 1.82) is 0 Å². The second-order valence-electron chi connectivity index (χ2n) is 6.39. The van der Waals surface area contributed by atoms with Crippen LogP contribution in [0.3, 0.4) is 0 Å². The zero-order valence-corrected chi connectivity index (χ0v) is 15.6. The van der Waals surface area contributed by atoms with Gasteiger partial charge in [-0.1, -0.05) is 12.1 Å². The van der Waals surface area contributed by atoms with E-state index in [0.717, 1.165) is 38.8 Å². The van der Waals surface area contributed by atoms with Crippen molar-refractivity contribution in [3.8, 4) is 5.75 Å². The van der Waals surface area contributed by atoms with Crippen LogP contribution in [0.25, 0.3) is 0 Å². The van der Waals surface area contributed by atoms with Gasteiger partial charge >= 0.3 is 0 Å². The number of thiophene rings is 1. The first-order valence-corrected chi connectivity index (χ1v) is 9.91. The van der Waals surface area contributed by atoms with Crippen LogP contribution in [0.2, 0.25) is 0 Å². The third-order valence-electron chi connectivity index (χ3n) is 4.35. The van der Waals surface area contributed by atoms with E-state index in [0.29, 0.717) is 17.9 Å². The number of ether oxygens (including phenoxy) is 1. The third kappa shape index (κ3) is 5.59. The van der Waals surface area contributed by atoms with Gasteiger partial charge in [-0.25, -0.2) is 0 Å². The van der Waals surface area contributed by atoms with Crippen LogP contribution < -0.4 is 10.1 Å². The zero-order chi connectivity index (χ0) is 18.2. The molecule has 0 saturated carbocycles. The molecule has 0 bridgehead atoms. The lowest BCUT2D eigenvalue weighted by Crippen LogP contribution is -2.32. The Kier molecular flexibility index (Phi) is 6.66. The quantitative estimate of drug-likeness (QED) is 0.768. The van der Waals surface area contributed by atoms with Crippen molar-refractivity contribution in [3.63, 3.8) is 0 Å². The molecule has 3 rings (SSSR count). The molecule has 1 aliphatic heterocycles. The highest BCUT2D eigenvalue weighted by molar-refractivity contribution is 7.09. The minimum Gasteiger partial charge on any atom is -0.484 e. The topological polar surface area (TPSA) is 58.6 Å². The highest BCUT2D eigenvalue weighted by atomic mass is 32.1. The summed E-state index contributed by atoms with van der Waals surface area (Å²) >= 11 is 1.72. The first-order valence-electron chi connectivity index (χ1n) is 9.03. The Bertz CT molecular complexity index is 724. The number of hydrogen-bond acceptors (Lipinski definition) is 4. The largest absolute Gasteiger partial charge is 0.484 e. The van der Waals surface area contributed by atoms with Crippen molar-refractivity contribution < 1.29 is 14.3 Å². The van der Waals surface area contributed by atoms with Gasteiger partial charge in [0.1, 0.15) is 5.75 Å². The van der Waals surface area contributed by atoms with E-state index in [1.807, 2.05) is 23.1 Å². The van der Waals surface area contributed by atoms with Crippen LogP contribution in [0.4, 0.5) is 5.69 Å². The lowest BCUT2D eigenvalue weighted by Gasteiger charge is -2.15. The van der Waals surface area contributed by atoms with Gasteiger partial charge in [0.05, 0.1) is 0 Å². The molecule has 1 aromatic carbocycles. The lowest BCUT2D eigenvalue weighted by molar-refractivity contribution is -0.132. The van der Waals surface area contributed by atoms with Crippen molar-refractivity contribution in [1.82, 2.24) is 4.90 Å². The van der Waals surface area contributed by atoms with Crippen LogP contribution in [0.15, 0.2) is 41.8 Å². The number of aryl methyl sites for hydroxylation is 1. The van der Waals surface area contributed by atoms with Gasteiger partial charge < -0.3 is 15.0 Å². The fourth-order valence-corrected chi connectivity index (χ4v) is 3.72. The summed E-state index contributed by atoms with van der Waals surface area (Å²) in [5, 5.41) is 4.95. The summed E-state index contributed by atoms with van der Waals surface area (Å²) in [5.74, 6) is 0.603. The minimum atomic E-state index is -0.00755. The molecule has 26 heavy (non-hydrogen) atoms.